The maximum Gasteiger partial charge on any atom is 0.326 e. The van der Waals surface area contributed by atoms with Gasteiger partial charge in [-0.25, -0.2) is 4.79 Å². The number of aliphatic carboxylic acids is 1. The number of carboxylic acid groups (broad SMARTS) is 1. The van der Waals surface area contributed by atoms with Crippen LogP contribution in [0.2, 0.25) is 0 Å². The van der Waals surface area contributed by atoms with E-state index in [1.165, 1.54) is 4.90 Å². The van der Waals surface area contributed by atoms with E-state index in [0.717, 1.165) is 0 Å². The molecule has 0 aromatic rings. The van der Waals surface area contributed by atoms with Crippen LogP contribution in [0, 0.1) is 0 Å². The maximum atomic E-state index is 13.3. The fraction of sp³-hybridized carbons (Fsp3) is 0.800. The van der Waals surface area contributed by atoms with Crippen molar-refractivity contribution in [1.29, 1.82) is 0 Å². The van der Waals surface area contributed by atoms with Crippen molar-refractivity contribution in [1.82, 2.24) is 20.9 Å². The number of nitrogens with zero attached hydrogens (tertiary/aromatic N) is 1. The summed E-state index contributed by atoms with van der Waals surface area (Å²) >= 11 is 1.57. The molecule has 13 nitrogen and oxygen atoms in total. The molecule has 0 aromatic heterocycles. The topological polar surface area (TPSA) is 223 Å². The first-order chi connectivity index (χ1) is 18.6. The van der Waals surface area contributed by atoms with Gasteiger partial charge in [0, 0.05) is 6.54 Å². The predicted molar refractivity (Wildman–Crippen MR) is 151 cm³/mol. The molecule has 1 fully saturated rings. The molecule has 0 unspecified atom stereocenters. The Kier molecular flexibility index (Phi) is 16.7. The van der Waals surface area contributed by atoms with Crippen molar-refractivity contribution in [3.8, 4) is 0 Å². The fourth-order valence-corrected chi connectivity index (χ4v) is 4.85. The molecule has 4 amide bonds. The lowest BCUT2D eigenvalue weighted by Gasteiger charge is -2.29. The molecular weight excluding hydrogens is 526 g/mol. The number of carbonyl (C=O) groups is 5. The van der Waals surface area contributed by atoms with E-state index in [1.807, 2.05) is 6.26 Å². The van der Waals surface area contributed by atoms with Crippen LogP contribution in [0.15, 0.2) is 0 Å². The monoisotopic (exact) mass is 573 g/mol. The molecule has 0 spiro atoms. The molecule has 1 aliphatic heterocycles. The molecule has 224 valence electrons. The van der Waals surface area contributed by atoms with Crippen molar-refractivity contribution < 1.29 is 29.1 Å². The number of hydrogen-bond donors (Lipinski definition) is 7. The molecular formula is C25H47N7O6S. The number of nitrogens with one attached hydrogen (secondary N) is 3. The molecule has 0 radical (unpaired) electrons. The van der Waals surface area contributed by atoms with Crippen LogP contribution in [0.4, 0.5) is 0 Å². The first kappa shape index (κ1) is 34.6. The number of nitrogens with two attached hydrogens (primary N) is 3. The Labute approximate surface area is 235 Å². The molecule has 1 rings (SSSR count). The van der Waals surface area contributed by atoms with E-state index in [2.05, 4.69) is 16.0 Å². The molecule has 10 N–H and O–H groups in total. The Morgan fingerprint density at radius 1 is 0.923 bits per heavy atom. The summed E-state index contributed by atoms with van der Waals surface area (Å²) in [5.41, 5.74) is 17.0. The van der Waals surface area contributed by atoms with Gasteiger partial charge in [-0.2, -0.15) is 11.8 Å². The van der Waals surface area contributed by atoms with Crippen LogP contribution in [0.5, 0.6) is 0 Å². The van der Waals surface area contributed by atoms with E-state index in [0.29, 0.717) is 70.3 Å². The Balaban J connectivity index is 2.88. The lowest BCUT2D eigenvalue weighted by atomic mass is 10.1. The standard InChI is InChI=1S/C25H47N7O6S/c1-16(29-21(33)17(28)11-15-39-2)24(36)32-14-7-10-20(32)23(35)30-18(8-3-5-12-26)22(34)31-19(25(37)38)9-4-6-13-27/h16-20H,3-15,26-28H2,1-2H3,(H,29,33)(H,30,35)(H,31,34)(H,37,38)/t16-,17-,18-,19-,20-/m0/s1. The number of carbonyl (C=O) groups excluding carboxylic acids is 4. The second-order valence-electron chi connectivity index (χ2n) is 9.84. The van der Waals surface area contributed by atoms with E-state index in [1.54, 1.807) is 18.7 Å². The minimum absolute atomic E-state index is 0.219. The zero-order chi connectivity index (χ0) is 29.4. The third-order valence-corrected chi connectivity index (χ3v) is 7.32. The quantitative estimate of drug-likeness (QED) is 0.0921. The number of unbranched alkanes of at least 4 members (excludes halogenated alkanes) is 2. The first-order valence-corrected chi connectivity index (χ1v) is 15.1. The lowest BCUT2D eigenvalue weighted by molar-refractivity contribution is -0.143. The maximum absolute atomic E-state index is 13.3. The molecule has 39 heavy (non-hydrogen) atoms. The molecule has 1 heterocycles. The second-order valence-corrected chi connectivity index (χ2v) is 10.8. The van der Waals surface area contributed by atoms with Gasteiger partial charge in [-0.05, 0) is 89.8 Å². The van der Waals surface area contributed by atoms with Crippen molar-refractivity contribution in [3.05, 3.63) is 0 Å². The Bertz CT molecular complexity index is 818. The molecule has 1 aliphatic rings. The normalized spacial score (nSPS) is 18.1. The highest BCUT2D eigenvalue weighted by molar-refractivity contribution is 7.98. The van der Waals surface area contributed by atoms with Gasteiger partial charge in [0.1, 0.15) is 24.2 Å². The van der Waals surface area contributed by atoms with Crippen molar-refractivity contribution >= 4 is 41.4 Å². The molecule has 14 heteroatoms. The summed E-state index contributed by atoms with van der Waals surface area (Å²) in [6.45, 7) is 2.72. The highest BCUT2D eigenvalue weighted by Crippen LogP contribution is 2.19. The van der Waals surface area contributed by atoms with Gasteiger partial charge in [0.05, 0.1) is 6.04 Å². The van der Waals surface area contributed by atoms with Gasteiger partial charge in [0.25, 0.3) is 0 Å². The number of rotatable bonds is 19. The summed E-state index contributed by atoms with van der Waals surface area (Å²) < 4.78 is 0. The van der Waals surface area contributed by atoms with Gasteiger partial charge in [-0.3, -0.25) is 19.2 Å². The Hall–Kier alpha value is -2.42. The Morgan fingerprint density at radius 2 is 1.54 bits per heavy atom. The van der Waals surface area contributed by atoms with E-state index in [4.69, 9.17) is 17.2 Å². The van der Waals surface area contributed by atoms with Crippen LogP contribution < -0.4 is 33.2 Å². The summed E-state index contributed by atoms with van der Waals surface area (Å²) in [5, 5.41) is 17.4. The van der Waals surface area contributed by atoms with Crippen LogP contribution in [0.25, 0.3) is 0 Å². The Morgan fingerprint density at radius 3 is 2.10 bits per heavy atom. The highest BCUT2D eigenvalue weighted by atomic mass is 32.2. The van der Waals surface area contributed by atoms with Crippen LogP contribution in [-0.2, 0) is 24.0 Å². The number of amides is 4. The van der Waals surface area contributed by atoms with Gasteiger partial charge >= 0.3 is 5.97 Å². The van der Waals surface area contributed by atoms with Crippen LogP contribution in [0.1, 0.15) is 64.7 Å². The largest absolute Gasteiger partial charge is 0.480 e. The van der Waals surface area contributed by atoms with Gasteiger partial charge in [-0.15, -0.1) is 0 Å². The second kappa shape index (κ2) is 18.8. The van der Waals surface area contributed by atoms with Crippen LogP contribution in [0.3, 0.4) is 0 Å². The molecule has 0 aromatic carbocycles. The third kappa shape index (κ3) is 12.1. The minimum Gasteiger partial charge on any atom is -0.480 e. The summed E-state index contributed by atoms with van der Waals surface area (Å²) in [6.07, 6.45) is 6.21. The molecule has 0 aliphatic carbocycles. The van der Waals surface area contributed by atoms with Crippen molar-refractivity contribution in [3.63, 3.8) is 0 Å². The molecule has 1 saturated heterocycles. The number of likely N-dealkylation sites (tertiary alicyclic amines) is 1. The van der Waals surface area contributed by atoms with Gasteiger partial charge in [0.15, 0.2) is 0 Å². The van der Waals surface area contributed by atoms with E-state index >= 15 is 0 Å². The first-order valence-electron chi connectivity index (χ1n) is 13.7. The van der Waals surface area contributed by atoms with Crippen molar-refractivity contribution in [2.24, 2.45) is 17.2 Å². The zero-order valence-corrected chi connectivity index (χ0v) is 24.0. The SMILES string of the molecule is CSCC[C@H](N)C(=O)N[C@@H](C)C(=O)N1CCC[C@H]1C(=O)N[C@@H](CCCCN)C(=O)N[C@@H](CCCCN)C(=O)O. The number of carboxylic acids is 1. The van der Waals surface area contributed by atoms with E-state index in [9.17, 15) is 29.1 Å². The van der Waals surface area contributed by atoms with Crippen molar-refractivity contribution in [2.75, 3.05) is 31.6 Å². The lowest BCUT2D eigenvalue weighted by Crippen LogP contribution is -2.57. The third-order valence-electron chi connectivity index (χ3n) is 6.68. The van der Waals surface area contributed by atoms with Crippen LogP contribution in [-0.4, -0.2) is 101 Å². The fourth-order valence-electron chi connectivity index (χ4n) is 4.36. The zero-order valence-electron chi connectivity index (χ0n) is 23.2. The number of thioether (sulfide) groups is 1. The average Bonchev–Trinajstić information content (AvgIpc) is 3.40. The van der Waals surface area contributed by atoms with Gasteiger partial charge in [-0.1, -0.05) is 0 Å². The average molecular weight is 574 g/mol. The van der Waals surface area contributed by atoms with E-state index in [-0.39, 0.29) is 12.8 Å². The van der Waals surface area contributed by atoms with Gasteiger partial charge < -0.3 is 43.2 Å². The highest BCUT2D eigenvalue weighted by Gasteiger charge is 2.38. The number of hydrogen-bond acceptors (Lipinski definition) is 9. The molecule has 0 saturated carbocycles. The van der Waals surface area contributed by atoms with Gasteiger partial charge in [0.2, 0.25) is 23.6 Å². The summed E-state index contributed by atoms with van der Waals surface area (Å²) in [6, 6.07) is -4.51. The predicted octanol–water partition coefficient (Wildman–Crippen LogP) is -1.13. The smallest absolute Gasteiger partial charge is 0.326 e. The van der Waals surface area contributed by atoms with Crippen molar-refractivity contribution in [2.45, 2.75) is 94.9 Å². The summed E-state index contributed by atoms with van der Waals surface area (Å²) in [7, 11) is 0. The summed E-state index contributed by atoms with van der Waals surface area (Å²) in [4.78, 5) is 64.9. The van der Waals surface area contributed by atoms with E-state index < -0.39 is 59.8 Å². The molecule has 5 atom stereocenters. The minimum atomic E-state index is -1.16. The summed E-state index contributed by atoms with van der Waals surface area (Å²) in [5.74, 6) is -2.39. The van der Waals surface area contributed by atoms with Crippen LogP contribution >= 0.6 is 11.8 Å². The molecule has 0 bridgehead atoms.